The number of benzene rings is 2. The van der Waals surface area contributed by atoms with Gasteiger partial charge in [-0.2, -0.15) is 0 Å². The van der Waals surface area contributed by atoms with Gasteiger partial charge < -0.3 is 19.5 Å². The number of aromatic hydroxyl groups is 1. The summed E-state index contributed by atoms with van der Waals surface area (Å²) in [5.74, 6) is 0.703. The molecule has 0 atom stereocenters. The molecule has 0 aliphatic heterocycles. The Morgan fingerprint density at radius 3 is 2.17 bits per heavy atom. The first kappa shape index (κ1) is 29.8. The maximum Gasteiger partial charge on any atom is 0.308 e. The number of methoxy groups -OCH3 is 1. The maximum atomic E-state index is 11.5. The Labute approximate surface area is 214 Å². The van der Waals surface area contributed by atoms with E-state index in [-0.39, 0.29) is 11.7 Å². The number of carbonyl (C=O) groups excluding carboxylic acids is 1. The van der Waals surface area contributed by atoms with Gasteiger partial charge in [-0.1, -0.05) is 59.8 Å². The molecule has 0 spiro atoms. The zero-order chi connectivity index (χ0) is 26.9. The molecule has 3 N–H and O–H groups in total. The molecule has 192 valence electrons. The average Bonchev–Trinajstić information content (AvgIpc) is 3.21. The summed E-state index contributed by atoms with van der Waals surface area (Å²) in [6.45, 7) is 13.3. The number of ether oxygens (including phenoxy) is 2. The summed E-state index contributed by atoms with van der Waals surface area (Å²) in [7, 11) is 5.51. The minimum Gasteiger partial charge on any atom is -0.507 e. The van der Waals surface area contributed by atoms with Crippen molar-refractivity contribution in [2.75, 3.05) is 26.1 Å². The molecule has 0 unspecified atom stereocenters. The monoisotopic (exact) mass is 501 g/mol. The summed E-state index contributed by atoms with van der Waals surface area (Å²) >= 11 is 5.55. The van der Waals surface area contributed by atoms with Crippen molar-refractivity contribution < 1.29 is 19.4 Å². The minimum atomic E-state index is -0.440. The van der Waals surface area contributed by atoms with Crippen LogP contribution in [0.1, 0.15) is 59.9 Å². The van der Waals surface area contributed by atoms with Gasteiger partial charge in [-0.3, -0.25) is 15.0 Å². The highest BCUT2D eigenvalue weighted by Crippen LogP contribution is 2.42. The second-order valence-corrected chi connectivity index (χ2v) is 8.17. The second kappa shape index (κ2) is 13.6. The van der Waals surface area contributed by atoms with Gasteiger partial charge in [0.15, 0.2) is 0 Å². The Morgan fingerprint density at radius 1 is 1.03 bits per heavy atom. The van der Waals surface area contributed by atoms with Crippen LogP contribution < -0.4 is 14.4 Å². The average molecular weight is 502 g/mol. The Balaban J connectivity index is 0.00000145. The van der Waals surface area contributed by atoms with Gasteiger partial charge in [-0.05, 0) is 35.2 Å². The van der Waals surface area contributed by atoms with E-state index in [0.29, 0.717) is 21.6 Å². The smallest absolute Gasteiger partial charge is 0.308 e. The number of aromatic amines is 2. The van der Waals surface area contributed by atoms with Crippen LogP contribution in [0, 0.1) is 4.64 Å². The number of phenolic OH excluding ortho intramolecular Hbond substituents is 1. The Hall–Kier alpha value is -3.26. The molecule has 8 heteroatoms. The lowest BCUT2D eigenvalue weighted by Gasteiger charge is -2.18. The van der Waals surface area contributed by atoms with Crippen LogP contribution in [0.3, 0.4) is 0 Å². The van der Waals surface area contributed by atoms with E-state index in [9.17, 15) is 9.90 Å². The number of carbonyl (C=O) groups is 1. The van der Waals surface area contributed by atoms with E-state index in [1.165, 1.54) is 13.0 Å². The quantitative estimate of drug-likeness (QED) is 0.187. The van der Waals surface area contributed by atoms with Crippen LogP contribution in [0.5, 0.6) is 17.2 Å². The lowest BCUT2D eigenvalue weighted by molar-refractivity contribution is -0.131. The van der Waals surface area contributed by atoms with E-state index < -0.39 is 5.97 Å². The molecule has 1 heterocycles. The standard InChI is InChI=1S/C23H27N3O4S.2C2H6/c1-12(2)15-10-16(18(28)11-20(15)30-13(3)27)22-21(23(31)25-24-22)14-7-8-19(29-6)17(9-14)26(4)5;2*1-2/h7-12,28H,1-6H3,(H2,24,25,31);2*1-2H3. The van der Waals surface area contributed by atoms with Gasteiger partial charge in [0.2, 0.25) is 0 Å². The zero-order valence-corrected chi connectivity index (χ0v) is 23.3. The van der Waals surface area contributed by atoms with Crippen LogP contribution >= 0.6 is 12.2 Å². The number of rotatable bonds is 6. The van der Waals surface area contributed by atoms with Gasteiger partial charge in [-0.15, -0.1) is 0 Å². The van der Waals surface area contributed by atoms with Crippen LogP contribution in [-0.4, -0.2) is 42.5 Å². The largest absolute Gasteiger partial charge is 0.507 e. The summed E-state index contributed by atoms with van der Waals surface area (Å²) in [5.41, 5.74) is 4.54. The number of aromatic nitrogens is 2. The Kier molecular flexibility index (Phi) is 11.6. The van der Waals surface area contributed by atoms with Crippen LogP contribution in [0.2, 0.25) is 0 Å². The second-order valence-electron chi connectivity index (χ2n) is 7.77. The summed E-state index contributed by atoms with van der Waals surface area (Å²) in [5, 5.41) is 16.9. The van der Waals surface area contributed by atoms with E-state index in [0.717, 1.165) is 28.1 Å². The molecule has 0 saturated heterocycles. The highest BCUT2D eigenvalue weighted by atomic mass is 32.1. The highest BCUT2D eigenvalue weighted by molar-refractivity contribution is 7.71. The molecule has 0 radical (unpaired) electrons. The molecule has 3 aromatic rings. The number of phenols is 1. The molecule has 0 bridgehead atoms. The number of hydrogen-bond acceptors (Lipinski definition) is 6. The van der Waals surface area contributed by atoms with Crippen molar-refractivity contribution in [2.45, 2.75) is 54.4 Å². The SMILES string of the molecule is CC.CC.COc1ccc(-c2c(-c3cc(C(C)C)c(OC(C)=O)cc3O)[nH][nH]c2=S)cc1N(C)C. The first-order chi connectivity index (χ1) is 16.6. The van der Waals surface area contributed by atoms with Gasteiger partial charge in [0.05, 0.1) is 18.5 Å². The third-order valence-corrected chi connectivity index (χ3v) is 5.31. The Morgan fingerprint density at radius 2 is 1.66 bits per heavy atom. The molecule has 0 amide bonds. The van der Waals surface area contributed by atoms with E-state index >= 15 is 0 Å². The van der Waals surface area contributed by atoms with Crippen molar-refractivity contribution in [1.82, 2.24) is 10.2 Å². The molecule has 2 aromatic carbocycles. The number of anilines is 1. The van der Waals surface area contributed by atoms with Gasteiger partial charge in [0.1, 0.15) is 21.9 Å². The predicted octanol–water partition coefficient (Wildman–Crippen LogP) is 7.29. The molecule has 7 nitrogen and oxygen atoms in total. The van der Waals surface area contributed by atoms with E-state index in [1.807, 2.05) is 84.8 Å². The number of esters is 1. The highest BCUT2D eigenvalue weighted by Gasteiger charge is 2.21. The van der Waals surface area contributed by atoms with Crippen molar-refractivity contribution in [3.05, 3.63) is 40.5 Å². The van der Waals surface area contributed by atoms with Crippen LogP contribution in [0.4, 0.5) is 5.69 Å². The molecule has 0 aliphatic rings. The van der Waals surface area contributed by atoms with E-state index in [4.69, 9.17) is 21.7 Å². The lowest BCUT2D eigenvalue weighted by atomic mass is 9.94. The van der Waals surface area contributed by atoms with Gasteiger partial charge in [0.25, 0.3) is 0 Å². The maximum absolute atomic E-state index is 11.5. The molecular formula is C27H39N3O4S. The summed E-state index contributed by atoms with van der Waals surface area (Å²) in [4.78, 5) is 13.5. The molecule has 3 rings (SSSR count). The molecular weight excluding hydrogens is 462 g/mol. The van der Waals surface area contributed by atoms with E-state index in [1.54, 1.807) is 7.11 Å². The fraction of sp³-hybridized carbons (Fsp3) is 0.407. The van der Waals surface area contributed by atoms with Crippen molar-refractivity contribution >= 4 is 23.9 Å². The summed E-state index contributed by atoms with van der Waals surface area (Å²) < 4.78 is 11.3. The van der Waals surface area contributed by atoms with Crippen LogP contribution in [0.25, 0.3) is 22.4 Å². The molecule has 0 aliphatic carbocycles. The van der Waals surface area contributed by atoms with Crippen molar-refractivity contribution in [3.63, 3.8) is 0 Å². The van der Waals surface area contributed by atoms with Gasteiger partial charge in [-0.25, -0.2) is 0 Å². The Bertz CT molecular complexity index is 1180. The van der Waals surface area contributed by atoms with Crippen molar-refractivity contribution in [3.8, 4) is 39.6 Å². The van der Waals surface area contributed by atoms with Gasteiger partial charge in [0, 0.05) is 38.2 Å². The molecule has 35 heavy (non-hydrogen) atoms. The van der Waals surface area contributed by atoms with Crippen molar-refractivity contribution in [2.24, 2.45) is 0 Å². The summed E-state index contributed by atoms with van der Waals surface area (Å²) in [6.07, 6.45) is 0. The van der Waals surface area contributed by atoms with Crippen LogP contribution in [-0.2, 0) is 4.79 Å². The van der Waals surface area contributed by atoms with Crippen LogP contribution in [0.15, 0.2) is 30.3 Å². The number of hydrogen-bond donors (Lipinski definition) is 3. The first-order valence-corrected chi connectivity index (χ1v) is 12.3. The number of nitrogens with zero attached hydrogens (tertiary/aromatic N) is 1. The fourth-order valence-corrected chi connectivity index (χ4v) is 3.78. The van der Waals surface area contributed by atoms with Gasteiger partial charge >= 0.3 is 5.97 Å². The lowest BCUT2D eigenvalue weighted by Crippen LogP contribution is -2.10. The fourth-order valence-electron chi connectivity index (χ4n) is 3.51. The first-order valence-electron chi connectivity index (χ1n) is 11.9. The number of nitrogens with one attached hydrogen (secondary N) is 2. The zero-order valence-electron chi connectivity index (χ0n) is 22.5. The predicted molar refractivity (Wildman–Crippen MR) is 147 cm³/mol. The topological polar surface area (TPSA) is 90.6 Å². The molecule has 0 saturated carbocycles. The summed E-state index contributed by atoms with van der Waals surface area (Å²) in [6, 6.07) is 9.10. The van der Waals surface area contributed by atoms with Crippen molar-refractivity contribution in [1.29, 1.82) is 0 Å². The van der Waals surface area contributed by atoms with E-state index in [2.05, 4.69) is 10.2 Å². The number of H-pyrrole nitrogens is 2. The molecule has 1 aromatic heterocycles. The minimum absolute atomic E-state index is 0.0199. The normalized spacial score (nSPS) is 10.0. The third kappa shape index (κ3) is 6.88. The third-order valence-electron chi connectivity index (χ3n) is 5.00. The molecule has 0 fully saturated rings.